The molecule has 2 N–H and O–H groups in total. The molecule has 1 aromatic rings. The lowest BCUT2D eigenvalue weighted by atomic mass is 10.1. The predicted molar refractivity (Wildman–Crippen MR) is 54.0 cm³/mol. The van der Waals surface area contributed by atoms with Crippen LogP contribution < -0.4 is 5.73 Å². The number of hydrogen-bond donors (Lipinski definition) is 1. The SMILES string of the molecule is NCC1CC1c1cccc(Br)c1F. The zero-order valence-corrected chi connectivity index (χ0v) is 8.72. The lowest BCUT2D eigenvalue weighted by Crippen LogP contribution is -2.02. The van der Waals surface area contributed by atoms with Crippen molar-refractivity contribution in [1.82, 2.24) is 0 Å². The maximum Gasteiger partial charge on any atom is 0.140 e. The molecule has 3 heteroatoms. The van der Waals surface area contributed by atoms with E-state index < -0.39 is 0 Å². The van der Waals surface area contributed by atoms with Crippen LogP contribution in [-0.4, -0.2) is 6.54 Å². The third kappa shape index (κ3) is 1.63. The van der Waals surface area contributed by atoms with Crippen LogP contribution in [0.3, 0.4) is 0 Å². The molecule has 70 valence electrons. The summed E-state index contributed by atoms with van der Waals surface area (Å²) in [5, 5.41) is 0. The minimum absolute atomic E-state index is 0.122. The Labute approximate surface area is 85.3 Å². The summed E-state index contributed by atoms with van der Waals surface area (Å²) in [6.45, 7) is 0.663. The molecule has 0 amide bonds. The molecule has 1 aliphatic carbocycles. The van der Waals surface area contributed by atoms with Gasteiger partial charge in [-0.2, -0.15) is 0 Å². The van der Waals surface area contributed by atoms with Crippen molar-refractivity contribution >= 4 is 15.9 Å². The minimum Gasteiger partial charge on any atom is -0.330 e. The van der Waals surface area contributed by atoms with E-state index in [2.05, 4.69) is 15.9 Å². The van der Waals surface area contributed by atoms with Gasteiger partial charge in [0.25, 0.3) is 0 Å². The molecule has 0 aromatic heterocycles. The van der Waals surface area contributed by atoms with E-state index >= 15 is 0 Å². The van der Waals surface area contributed by atoms with Crippen LogP contribution in [0.2, 0.25) is 0 Å². The average molecular weight is 244 g/mol. The predicted octanol–water partition coefficient (Wildman–Crippen LogP) is 2.65. The van der Waals surface area contributed by atoms with Crippen molar-refractivity contribution in [2.45, 2.75) is 12.3 Å². The summed E-state index contributed by atoms with van der Waals surface area (Å²) in [7, 11) is 0. The van der Waals surface area contributed by atoms with E-state index in [0.29, 0.717) is 22.9 Å². The summed E-state index contributed by atoms with van der Waals surface area (Å²) >= 11 is 3.18. The zero-order chi connectivity index (χ0) is 9.42. The number of hydrogen-bond acceptors (Lipinski definition) is 1. The van der Waals surface area contributed by atoms with E-state index in [4.69, 9.17) is 5.73 Å². The monoisotopic (exact) mass is 243 g/mol. The first-order chi connectivity index (χ1) is 6.24. The summed E-state index contributed by atoms with van der Waals surface area (Å²) in [5.41, 5.74) is 6.33. The largest absolute Gasteiger partial charge is 0.330 e. The molecule has 13 heavy (non-hydrogen) atoms. The molecule has 1 nitrogen and oxygen atoms in total. The molecule has 0 heterocycles. The lowest BCUT2D eigenvalue weighted by molar-refractivity contribution is 0.599. The zero-order valence-electron chi connectivity index (χ0n) is 7.13. The van der Waals surface area contributed by atoms with Crippen LogP contribution in [0.5, 0.6) is 0 Å². The summed E-state index contributed by atoms with van der Waals surface area (Å²) < 4.78 is 14.1. The molecule has 2 rings (SSSR count). The van der Waals surface area contributed by atoms with Gasteiger partial charge in [-0.15, -0.1) is 0 Å². The van der Waals surface area contributed by atoms with Gasteiger partial charge >= 0.3 is 0 Å². The Bertz CT molecular complexity index is 327. The van der Waals surface area contributed by atoms with E-state index in [1.807, 2.05) is 12.1 Å². The molecule has 0 radical (unpaired) electrons. The molecular formula is C10H11BrFN. The summed E-state index contributed by atoms with van der Waals surface area (Å²) in [6.07, 6.45) is 1.03. The molecule has 1 aromatic carbocycles. The third-order valence-corrected chi connectivity index (χ3v) is 3.22. The topological polar surface area (TPSA) is 26.0 Å². The number of nitrogens with two attached hydrogens (primary N) is 1. The third-order valence-electron chi connectivity index (χ3n) is 2.61. The first-order valence-corrected chi connectivity index (χ1v) is 5.17. The van der Waals surface area contributed by atoms with Gasteiger partial charge in [-0.05, 0) is 52.4 Å². The highest BCUT2D eigenvalue weighted by Crippen LogP contribution is 2.48. The Balaban J connectivity index is 2.27. The highest BCUT2D eigenvalue weighted by molar-refractivity contribution is 9.10. The van der Waals surface area contributed by atoms with E-state index in [1.54, 1.807) is 6.07 Å². The number of rotatable bonds is 2. The van der Waals surface area contributed by atoms with Crippen LogP contribution in [0, 0.1) is 11.7 Å². The van der Waals surface area contributed by atoms with Gasteiger partial charge in [-0.3, -0.25) is 0 Å². The Morgan fingerprint density at radius 1 is 1.54 bits per heavy atom. The van der Waals surface area contributed by atoms with Gasteiger partial charge in [-0.25, -0.2) is 4.39 Å². The van der Waals surface area contributed by atoms with Crippen LogP contribution in [0.4, 0.5) is 4.39 Å². The molecule has 0 aliphatic heterocycles. The Morgan fingerprint density at radius 2 is 2.31 bits per heavy atom. The molecule has 0 bridgehead atoms. The molecule has 2 unspecified atom stereocenters. The average Bonchev–Trinajstić information content (AvgIpc) is 2.89. The first kappa shape index (κ1) is 9.16. The van der Waals surface area contributed by atoms with Crippen molar-refractivity contribution in [3.63, 3.8) is 0 Å². The van der Waals surface area contributed by atoms with Gasteiger partial charge in [0.2, 0.25) is 0 Å². The van der Waals surface area contributed by atoms with Crippen molar-refractivity contribution in [2.24, 2.45) is 11.7 Å². The maximum absolute atomic E-state index is 13.5. The van der Waals surface area contributed by atoms with Crippen molar-refractivity contribution in [3.8, 4) is 0 Å². The minimum atomic E-state index is -0.122. The molecule has 2 atom stereocenters. The Hall–Kier alpha value is -0.410. The van der Waals surface area contributed by atoms with E-state index in [-0.39, 0.29) is 5.82 Å². The van der Waals surface area contributed by atoms with Crippen molar-refractivity contribution in [2.75, 3.05) is 6.54 Å². The fraction of sp³-hybridized carbons (Fsp3) is 0.400. The summed E-state index contributed by atoms with van der Waals surface area (Å²) in [5.74, 6) is 0.717. The fourth-order valence-electron chi connectivity index (χ4n) is 1.70. The van der Waals surface area contributed by atoms with E-state index in [1.165, 1.54) is 0 Å². The van der Waals surface area contributed by atoms with Gasteiger partial charge in [-0.1, -0.05) is 12.1 Å². The molecule has 0 saturated heterocycles. The van der Waals surface area contributed by atoms with Crippen LogP contribution in [0.25, 0.3) is 0 Å². The summed E-state index contributed by atoms with van der Waals surface area (Å²) in [6, 6.07) is 5.44. The molecular weight excluding hydrogens is 233 g/mol. The van der Waals surface area contributed by atoms with Crippen LogP contribution in [-0.2, 0) is 0 Å². The molecule has 1 fully saturated rings. The van der Waals surface area contributed by atoms with Crippen molar-refractivity contribution in [1.29, 1.82) is 0 Å². The van der Waals surface area contributed by atoms with Crippen LogP contribution >= 0.6 is 15.9 Å². The van der Waals surface area contributed by atoms with E-state index in [9.17, 15) is 4.39 Å². The number of halogens is 2. The lowest BCUT2D eigenvalue weighted by Gasteiger charge is -2.02. The second-order valence-corrected chi connectivity index (χ2v) is 4.34. The van der Waals surface area contributed by atoms with Crippen molar-refractivity contribution < 1.29 is 4.39 Å². The first-order valence-electron chi connectivity index (χ1n) is 4.38. The van der Waals surface area contributed by atoms with Gasteiger partial charge in [0.1, 0.15) is 5.82 Å². The van der Waals surface area contributed by atoms with Gasteiger partial charge in [0.15, 0.2) is 0 Å². The molecule has 1 saturated carbocycles. The second kappa shape index (κ2) is 3.39. The fourth-order valence-corrected chi connectivity index (χ4v) is 2.08. The van der Waals surface area contributed by atoms with Crippen LogP contribution in [0.1, 0.15) is 17.9 Å². The van der Waals surface area contributed by atoms with Crippen LogP contribution in [0.15, 0.2) is 22.7 Å². The summed E-state index contributed by atoms with van der Waals surface area (Å²) in [4.78, 5) is 0. The Kier molecular flexibility index (Phi) is 2.39. The highest BCUT2D eigenvalue weighted by atomic mass is 79.9. The normalized spacial score (nSPS) is 26.1. The van der Waals surface area contributed by atoms with Crippen molar-refractivity contribution in [3.05, 3.63) is 34.1 Å². The van der Waals surface area contributed by atoms with Gasteiger partial charge in [0.05, 0.1) is 4.47 Å². The highest BCUT2D eigenvalue weighted by Gasteiger charge is 2.38. The molecule has 1 aliphatic rings. The maximum atomic E-state index is 13.5. The van der Waals surface area contributed by atoms with Gasteiger partial charge in [0, 0.05) is 0 Å². The second-order valence-electron chi connectivity index (χ2n) is 3.48. The molecule has 0 spiro atoms. The Morgan fingerprint density at radius 3 is 2.92 bits per heavy atom. The number of benzene rings is 1. The quantitative estimate of drug-likeness (QED) is 0.850. The standard InChI is InChI=1S/C10H11BrFN/c11-9-3-1-2-7(10(9)12)8-4-6(8)5-13/h1-3,6,8H,4-5,13H2. The van der Waals surface area contributed by atoms with Gasteiger partial charge < -0.3 is 5.73 Å². The van der Waals surface area contributed by atoms with E-state index in [0.717, 1.165) is 12.0 Å². The smallest absolute Gasteiger partial charge is 0.140 e.